The van der Waals surface area contributed by atoms with Gasteiger partial charge in [-0.15, -0.1) is 0 Å². The lowest BCUT2D eigenvalue weighted by Gasteiger charge is -2.10. The van der Waals surface area contributed by atoms with Crippen LogP contribution in [-0.4, -0.2) is 18.4 Å². The summed E-state index contributed by atoms with van der Waals surface area (Å²) < 4.78 is 0. The van der Waals surface area contributed by atoms with Crippen LogP contribution in [0.25, 0.3) is 0 Å². The molecule has 4 heteroatoms. The normalized spacial score (nSPS) is 10.2. The Balaban J connectivity index is 1.75. The van der Waals surface area contributed by atoms with E-state index in [1.165, 1.54) is 0 Å². The fourth-order valence-corrected chi connectivity index (χ4v) is 2.23. The summed E-state index contributed by atoms with van der Waals surface area (Å²) in [5, 5.41) is 5.48. The second-order valence-electron chi connectivity index (χ2n) is 5.63. The van der Waals surface area contributed by atoms with Gasteiger partial charge in [0.2, 0.25) is 11.8 Å². The van der Waals surface area contributed by atoms with Crippen LogP contribution in [-0.2, 0) is 16.0 Å². The number of anilines is 1. The van der Waals surface area contributed by atoms with Gasteiger partial charge in [-0.1, -0.05) is 42.5 Å². The Morgan fingerprint density at radius 2 is 1.70 bits per heavy atom. The quantitative estimate of drug-likeness (QED) is 0.862. The highest BCUT2D eigenvalue weighted by Gasteiger charge is 2.08. The van der Waals surface area contributed by atoms with Crippen LogP contribution in [0.15, 0.2) is 48.5 Å². The molecule has 2 aromatic carbocycles. The van der Waals surface area contributed by atoms with Gasteiger partial charge in [-0.2, -0.15) is 0 Å². The summed E-state index contributed by atoms with van der Waals surface area (Å²) in [4.78, 5) is 23.7. The zero-order valence-corrected chi connectivity index (χ0v) is 13.6. The summed E-state index contributed by atoms with van der Waals surface area (Å²) in [5.74, 6) is -0.336. The molecule has 0 spiro atoms. The summed E-state index contributed by atoms with van der Waals surface area (Å²) in [6.07, 6.45) is 1.05. The second-order valence-corrected chi connectivity index (χ2v) is 5.63. The van der Waals surface area contributed by atoms with Gasteiger partial charge in [0.15, 0.2) is 0 Å². The Hall–Kier alpha value is -2.62. The van der Waals surface area contributed by atoms with Gasteiger partial charge in [0.05, 0.1) is 6.54 Å². The fourth-order valence-electron chi connectivity index (χ4n) is 2.23. The third-order valence-electron chi connectivity index (χ3n) is 3.60. The number of amides is 2. The van der Waals surface area contributed by atoms with Gasteiger partial charge in [-0.3, -0.25) is 9.59 Å². The van der Waals surface area contributed by atoms with Crippen LogP contribution in [0.3, 0.4) is 0 Å². The SMILES string of the molecule is Cc1ccc(C)c(NC(=O)CNC(=O)CCc2ccccc2)c1. The molecule has 2 N–H and O–H groups in total. The molecule has 0 bridgehead atoms. The lowest BCUT2D eigenvalue weighted by molar-refractivity contribution is -0.124. The van der Waals surface area contributed by atoms with Crippen molar-refractivity contribution in [3.05, 3.63) is 65.2 Å². The number of benzene rings is 2. The molecule has 0 unspecified atom stereocenters. The molecule has 0 radical (unpaired) electrons. The minimum Gasteiger partial charge on any atom is -0.347 e. The van der Waals surface area contributed by atoms with Crippen LogP contribution in [0.5, 0.6) is 0 Å². The smallest absolute Gasteiger partial charge is 0.243 e. The number of carbonyl (C=O) groups excluding carboxylic acids is 2. The number of hydrogen-bond donors (Lipinski definition) is 2. The Labute approximate surface area is 136 Å². The van der Waals surface area contributed by atoms with Crippen molar-refractivity contribution >= 4 is 17.5 Å². The molecular weight excluding hydrogens is 288 g/mol. The van der Waals surface area contributed by atoms with E-state index in [4.69, 9.17) is 0 Å². The van der Waals surface area contributed by atoms with Crippen LogP contribution in [0, 0.1) is 13.8 Å². The maximum absolute atomic E-state index is 11.9. The van der Waals surface area contributed by atoms with Crippen LogP contribution in [0.1, 0.15) is 23.1 Å². The third kappa shape index (κ3) is 5.58. The van der Waals surface area contributed by atoms with Gasteiger partial charge in [0.25, 0.3) is 0 Å². The maximum atomic E-state index is 11.9. The summed E-state index contributed by atoms with van der Waals surface area (Å²) in [5.41, 5.74) is 3.98. The zero-order chi connectivity index (χ0) is 16.7. The van der Waals surface area contributed by atoms with E-state index in [1.54, 1.807) is 0 Å². The number of aryl methyl sites for hydroxylation is 3. The predicted octanol–water partition coefficient (Wildman–Crippen LogP) is 2.99. The first-order valence-corrected chi connectivity index (χ1v) is 7.72. The molecule has 2 aromatic rings. The monoisotopic (exact) mass is 310 g/mol. The van der Waals surface area contributed by atoms with E-state index >= 15 is 0 Å². The summed E-state index contributed by atoms with van der Waals surface area (Å²) >= 11 is 0. The first-order valence-electron chi connectivity index (χ1n) is 7.72. The van der Waals surface area contributed by atoms with Crippen molar-refractivity contribution < 1.29 is 9.59 Å². The van der Waals surface area contributed by atoms with E-state index in [0.29, 0.717) is 12.8 Å². The van der Waals surface area contributed by atoms with E-state index in [9.17, 15) is 9.59 Å². The molecule has 0 fully saturated rings. The van der Waals surface area contributed by atoms with E-state index in [0.717, 1.165) is 22.4 Å². The molecule has 0 atom stereocenters. The highest BCUT2D eigenvalue weighted by Crippen LogP contribution is 2.15. The van der Waals surface area contributed by atoms with E-state index in [-0.39, 0.29) is 18.4 Å². The maximum Gasteiger partial charge on any atom is 0.243 e. The standard InChI is InChI=1S/C19H22N2O2/c1-14-8-9-15(2)17(12-14)21-19(23)13-20-18(22)11-10-16-6-4-3-5-7-16/h3-9,12H,10-11,13H2,1-2H3,(H,20,22)(H,21,23). The lowest BCUT2D eigenvalue weighted by Crippen LogP contribution is -2.33. The van der Waals surface area contributed by atoms with E-state index < -0.39 is 0 Å². The zero-order valence-electron chi connectivity index (χ0n) is 13.6. The van der Waals surface area contributed by atoms with Crippen LogP contribution in [0.2, 0.25) is 0 Å². The van der Waals surface area contributed by atoms with Gasteiger partial charge in [-0.05, 0) is 43.0 Å². The summed E-state index contributed by atoms with van der Waals surface area (Å²) in [7, 11) is 0. The van der Waals surface area contributed by atoms with Crippen LogP contribution < -0.4 is 10.6 Å². The Bertz CT molecular complexity index is 681. The number of nitrogens with one attached hydrogen (secondary N) is 2. The molecule has 0 heterocycles. The van der Waals surface area contributed by atoms with Crippen molar-refractivity contribution in [2.45, 2.75) is 26.7 Å². The Morgan fingerprint density at radius 1 is 0.957 bits per heavy atom. The second kappa shape index (κ2) is 8.13. The molecule has 4 nitrogen and oxygen atoms in total. The van der Waals surface area contributed by atoms with Crippen molar-refractivity contribution in [3.63, 3.8) is 0 Å². The minimum absolute atomic E-state index is 0.0129. The molecule has 120 valence electrons. The number of rotatable bonds is 6. The van der Waals surface area contributed by atoms with Crippen molar-refractivity contribution in [2.75, 3.05) is 11.9 Å². The van der Waals surface area contributed by atoms with Crippen LogP contribution in [0.4, 0.5) is 5.69 Å². The highest BCUT2D eigenvalue weighted by molar-refractivity contribution is 5.95. The summed E-state index contributed by atoms with van der Waals surface area (Å²) in [6, 6.07) is 15.7. The molecular formula is C19H22N2O2. The predicted molar refractivity (Wildman–Crippen MR) is 92.3 cm³/mol. The van der Waals surface area contributed by atoms with E-state index in [2.05, 4.69) is 10.6 Å². The van der Waals surface area contributed by atoms with Crippen molar-refractivity contribution in [2.24, 2.45) is 0 Å². The summed E-state index contributed by atoms with van der Waals surface area (Å²) in [6.45, 7) is 3.90. The number of carbonyl (C=O) groups is 2. The molecule has 0 aliphatic carbocycles. The average molecular weight is 310 g/mol. The minimum atomic E-state index is -0.216. The molecule has 0 saturated heterocycles. The van der Waals surface area contributed by atoms with Crippen LogP contribution >= 0.6 is 0 Å². The average Bonchev–Trinajstić information content (AvgIpc) is 2.55. The molecule has 2 rings (SSSR count). The van der Waals surface area contributed by atoms with Crippen molar-refractivity contribution in [1.29, 1.82) is 0 Å². The topological polar surface area (TPSA) is 58.2 Å². The van der Waals surface area contributed by atoms with Gasteiger partial charge >= 0.3 is 0 Å². The Kier molecular flexibility index (Phi) is 5.92. The first kappa shape index (κ1) is 16.7. The molecule has 0 aliphatic rings. The van der Waals surface area contributed by atoms with Gasteiger partial charge in [0, 0.05) is 12.1 Å². The lowest BCUT2D eigenvalue weighted by atomic mass is 10.1. The highest BCUT2D eigenvalue weighted by atomic mass is 16.2. The van der Waals surface area contributed by atoms with Gasteiger partial charge in [0.1, 0.15) is 0 Å². The van der Waals surface area contributed by atoms with E-state index in [1.807, 2.05) is 62.4 Å². The largest absolute Gasteiger partial charge is 0.347 e. The first-order chi connectivity index (χ1) is 11.0. The molecule has 0 aliphatic heterocycles. The van der Waals surface area contributed by atoms with Gasteiger partial charge in [-0.25, -0.2) is 0 Å². The van der Waals surface area contributed by atoms with Crippen molar-refractivity contribution in [1.82, 2.24) is 5.32 Å². The molecule has 23 heavy (non-hydrogen) atoms. The number of hydrogen-bond acceptors (Lipinski definition) is 2. The third-order valence-corrected chi connectivity index (χ3v) is 3.60. The van der Waals surface area contributed by atoms with Gasteiger partial charge < -0.3 is 10.6 Å². The molecule has 0 aromatic heterocycles. The molecule has 0 saturated carbocycles. The van der Waals surface area contributed by atoms with Crippen molar-refractivity contribution in [3.8, 4) is 0 Å². The Morgan fingerprint density at radius 3 is 2.43 bits per heavy atom. The molecule has 2 amide bonds. The fraction of sp³-hybridized carbons (Fsp3) is 0.263.